The third-order valence-electron chi connectivity index (χ3n) is 3.03. The molecule has 3 rings (SSSR count). The zero-order valence-electron chi connectivity index (χ0n) is 11.5. The van der Waals surface area contributed by atoms with Crippen molar-refractivity contribution in [2.75, 3.05) is 5.32 Å². The predicted octanol–water partition coefficient (Wildman–Crippen LogP) is 3.46. The van der Waals surface area contributed by atoms with Gasteiger partial charge in [-0.25, -0.2) is 4.98 Å². The molecule has 0 saturated heterocycles. The summed E-state index contributed by atoms with van der Waals surface area (Å²) in [5, 5.41) is 8.74. The largest absolute Gasteiger partial charge is 0.357 e. The minimum atomic E-state index is 0.787. The van der Waals surface area contributed by atoms with E-state index in [1.165, 1.54) is 5.56 Å². The van der Waals surface area contributed by atoms with E-state index in [2.05, 4.69) is 27.5 Å². The molecule has 102 valence electrons. The van der Waals surface area contributed by atoms with E-state index < -0.39 is 0 Å². The van der Waals surface area contributed by atoms with Gasteiger partial charge in [-0.05, 0) is 18.6 Å². The molecule has 0 atom stereocenters. The molecule has 0 aliphatic rings. The summed E-state index contributed by atoms with van der Waals surface area (Å²) in [6.07, 6.45) is 1.95. The van der Waals surface area contributed by atoms with Crippen molar-refractivity contribution < 1.29 is 0 Å². The molecule has 0 fully saturated rings. The number of hydrogen-bond acceptors (Lipinski definition) is 4. The fourth-order valence-electron chi connectivity index (χ4n) is 2.02. The Hall–Kier alpha value is -2.14. The first-order valence-electron chi connectivity index (χ1n) is 6.47. The molecule has 0 saturated carbocycles. The van der Waals surface area contributed by atoms with Crippen LogP contribution < -0.4 is 5.32 Å². The minimum Gasteiger partial charge on any atom is -0.357 e. The molecule has 2 aromatic heterocycles. The van der Waals surface area contributed by atoms with Crippen LogP contribution in [0.3, 0.4) is 0 Å². The van der Waals surface area contributed by atoms with Gasteiger partial charge in [0.05, 0.1) is 10.6 Å². The molecule has 0 aliphatic heterocycles. The van der Waals surface area contributed by atoms with Crippen LogP contribution in [-0.2, 0) is 13.6 Å². The molecule has 3 aromatic rings. The van der Waals surface area contributed by atoms with E-state index in [0.29, 0.717) is 0 Å². The molecule has 20 heavy (non-hydrogen) atoms. The second-order valence-corrected chi connectivity index (χ2v) is 5.65. The van der Waals surface area contributed by atoms with Crippen LogP contribution in [0.4, 0.5) is 5.13 Å². The Kier molecular flexibility index (Phi) is 3.52. The topological polar surface area (TPSA) is 42.7 Å². The first-order valence-corrected chi connectivity index (χ1v) is 7.29. The van der Waals surface area contributed by atoms with Crippen molar-refractivity contribution in [3.05, 3.63) is 53.9 Å². The van der Waals surface area contributed by atoms with Gasteiger partial charge in [0.2, 0.25) is 0 Å². The van der Waals surface area contributed by atoms with Crippen LogP contribution >= 0.6 is 11.3 Å². The van der Waals surface area contributed by atoms with Gasteiger partial charge >= 0.3 is 0 Å². The number of nitrogens with one attached hydrogen (secondary N) is 1. The standard InChI is InChI=1S/C15H16N4S/c1-11-14(13-8-9-19(2)18-13)20-15(17-11)16-10-12-6-4-3-5-7-12/h3-9H,10H2,1-2H3,(H,16,17). The van der Waals surface area contributed by atoms with Crippen molar-refractivity contribution in [2.45, 2.75) is 13.5 Å². The molecule has 5 heteroatoms. The zero-order valence-corrected chi connectivity index (χ0v) is 12.3. The summed E-state index contributed by atoms with van der Waals surface area (Å²) >= 11 is 1.65. The van der Waals surface area contributed by atoms with E-state index in [4.69, 9.17) is 0 Å². The third-order valence-corrected chi connectivity index (χ3v) is 4.17. The number of aryl methyl sites for hydroxylation is 2. The average Bonchev–Trinajstić information content (AvgIpc) is 3.04. The Morgan fingerprint density at radius 3 is 2.70 bits per heavy atom. The normalized spacial score (nSPS) is 10.7. The molecule has 0 radical (unpaired) electrons. The number of thiazole rings is 1. The Morgan fingerprint density at radius 1 is 1.20 bits per heavy atom. The predicted molar refractivity (Wildman–Crippen MR) is 82.8 cm³/mol. The molecular formula is C15H16N4S. The van der Waals surface area contributed by atoms with E-state index in [0.717, 1.165) is 27.9 Å². The summed E-state index contributed by atoms with van der Waals surface area (Å²) in [7, 11) is 1.93. The van der Waals surface area contributed by atoms with Crippen molar-refractivity contribution in [1.29, 1.82) is 0 Å². The summed E-state index contributed by atoms with van der Waals surface area (Å²) < 4.78 is 1.81. The second kappa shape index (κ2) is 5.46. The average molecular weight is 284 g/mol. The minimum absolute atomic E-state index is 0.787. The highest BCUT2D eigenvalue weighted by Gasteiger charge is 2.11. The van der Waals surface area contributed by atoms with Crippen LogP contribution in [-0.4, -0.2) is 14.8 Å². The monoisotopic (exact) mass is 284 g/mol. The SMILES string of the molecule is Cc1nc(NCc2ccccc2)sc1-c1ccn(C)n1. The molecule has 0 amide bonds. The highest BCUT2D eigenvalue weighted by molar-refractivity contribution is 7.19. The summed E-state index contributed by atoms with van der Waals surface area (Å²) in [6, 6.07) is 12.3. The maximum atomic E-state index is 4.57. The van der Waals surface area contributed by atoms with Crippen LogP contribution in [0.2, 0.25) is 0 Å². The number of benzene rings is 1. The molecular weight excluding hydrogens is 268 g/mol. The Labute approximate surface area is 122 Å². The van der Waals surface area contributed by atoms with Crippen LogP contribution in [0.25, 0.3) is 10.6 Å². The Bertz CT molecular complexity index is 700. The highest BCUT2D eigenvalue weighted by Crippen LogP contribution is 2.31. The number of anilines is 1. The van der Waals surface area contributed by atoms with Gasteiger partial charge in [0.25, 0.3) is 0 Å². The van der Waals surface area contributed by atoms with Crippen molar-refractivity contribution in [2.24, 2.45) is 7.05 Å². The Balaban J connectivity index is 1.76. The molecule has 4 nitrogen and oxygen atoms in total. The Morgan fingerprint density at radius 2 is 2.00 bits per heavy atom. The fourth-order valence-corrected chi connectivity index (χ4v) is 2.95. The van der Waals surface area contributed by atoms with Gasteiger partial charge in [0.15, 0.2) is 5.13 Å². The van der Waals surface area contributed by atoms with Gasteiger partial charge in [-0.1, -0.05) is 41.7 Å². The lowest BCUT2D eigenvalue weighted by Gasteiger charge is -2.01. The van der Waals surface area contributed by atoms with Crippen molar-refractivity contribution in [3.63, 3.8) is 0 Å². The van der Waals surface area contributed by atoms with Crippen LogP contribution in [0.15, 0.2) is 42.6 Å². The van der Waals surface area contributed by atoms with Crippen LogP contribution in [0.1, 0.15) is 11.3 Å². The van der Waals surface area contributed by atoms with E-state index in [1.807, 2.05) is 49.1 Å². The fraction of sp³-hybridized carbons (Fsp3) is 0.200. The molecule has 0 spiro atoms. The van der Waals surface area contributed by atoms with Gasteiger partial charge in [0, 0.05) is 19.8 Å². The van der Waals surface area contributed by atoms with Crippen molar-refractivity contribution >= 4 is 16.5 Å². The van der Waals surface area contributed by atoms with Gasteiger partial charge in [-0.2, -0.15) is 5.10 Å². The number of aromatic nitrogens is 3. The third kappa shape index (κ3) is 2.72. The zero-order chi connectivity index (χ0) is 13.9. The number of nitrogens with zero attached hydrogens (tertiary/aromatic N) is 3. The van der Waals surface area contributed by atoms with Crippen molar-refractivity contribution in [3.8, 4) is 10.6 Å². The van der Waals surface area contributed by atoms with Gasteiger partial charge in [0.1, 0.15) is 5.69 Å². The molecule has 0 bridgehead atoms. The van der Waals surface area contributed by atoms with E-state index in [-0.39, 0.29) is 0 Å². The quantitative estimate of drug-likeness (QED) is 0.797. The van der Waals surface area contributed by atoms with Gasteiger partial charge in [-0.15, -0.1) is 0 Å². The molecule has 0 unspecified atom stereocenters. The lowest BCUT2D eigenvalue weighted by atomic mass is 10.2. The lowest BCUT2D eigenvalue weighted by molar-refractivity contribution is 0.771. The smallest absolute Gasteiger partial charge is 0.183 e. The summed E-state index contributed by atoms with van der Waals surface area (Å²) in [5.74, 6) is 0. The second-order valence-electron chi connectivity index (χ2n) is 4.65. The summed E-state index contributed by atoms with van der Waals surface area (Å²) in [6.45, 7) is 2.81. The first kappa shape index (κ1) is 12.9. The summed E-state index contributed by atoms with van der Waals surface area (Å²) in [4.78, 5) is 5.70. The van der Waals surface area contributed by atoms with E-state index in [1.54, 1.807) is 11.3 Å². The van der Waals surface area contributed by atoms with E-state index in [9.17, 15) is 0 Å². The van der Waals surface area contributed by atoms with Crippen molar-refractivity contribution in [1.82, 2.24) is 14.8 Å². The summed E-state index contributed by atoms with van der Waals surface area (Å²) in [5.41, 5.74) is 3.25. The maximum Gasteiger partial charge on any atom is 0.183 e. The first-order chi connectivity index (χ1) is 9.72. The van der Waals surface area contributed by atoms with Crippen LogP contribution in [0, 0.1) is 6.92 Å². The molecule has 1 aromatic carbocycles. The van der Waals surface area contributed by atoms with Gasteiger partial charge < -0.3 is 5.32 Å². The lowest BCUT2D eigenvalue weighted by Crippen LogP contribution is -1.98. The van der Waals surface area contributed by atoms with E-state index >= 15 is 0 Å². The maximum absolute atomic E-state index is 4.57. The van der Waals surface area contributed by atoms with Crippen LogP contribution in [0.5, 0.6) is 0 Å². The molecule has 2 heterocycles. The highest BCUT2D eigenvalue weighted by atomic mass is 32.1. The number of rotatable bonds is 4. The number of hydrogen-bond donors (Lipinski definition) is 1. The molecule has 0 aliphatic carbocycles. The molecule has 1 N–H and O–H groups in total. The van der Waals surface area contributed by atoms with Gasteiger partial charge in [-0.3, -0.25) is 4.68 Å².